The molecule has 1 aromatic heterocycles. The van der Waals surface area contributed by atoms with Gasteiger partial charge in [-0.25, -0.2) is 9.78 Å². The van der Waals surface area contributed by atoms with Gasteiger partial charge in [0.05, 0.1) is 5.69 Å². The third kappa shape index (κ3) is 2.64. The maximum Gasteiger partial charge on any atom is 0.339 e. The summed E-state index contributed by atoms with van der Waals surface area (Å²) in [5.41, 5.74) is 4.31. The number of nitrogens with zero attached hydrogens (tertiary/aromatic N) is 2. The molecule has 1 heterocycles. The highest BCUT2D eigenvalue weighted by Crippen LogP contribution is 2.26. The molecule has 0 fully saturated rings. The van der Waals surface area contributed by atoms with E-state index in [0.717, 1.165) is 22.4 Å². The van der Waals surface area contributed by atoms with E-state index in [4.69, 9.17) is 0 Å². The van der Waals surface area contributed by atoms with Crippen LogP contribution in [0.15, 0.2) is 30.3 Å². The summed E-state index contributed by atoms with van der Waals surface area (Å²) >= 11 is 0. The van der Waals surface area contributed by atoms with Crippen LogP contribution in [0.25, 0.3) is 11.3 Å². The third-order valence-electron chi connectivity index (χ3n) is 3.20. The molecule has 0 unspecified atom stereocenters. The summed E-state index contributed by atoms with van der Waals surface area (Å²) in [5.74, 6) is -0.496. The topological polar surface area (TPSA) is 53.4 Å². The van der Waals surface area contributed by atoms with E-state index in [2.05, 4.69) is 17.1 Å². The predicted octanol–water partition coefficient (Wildman–Crippen LogP) is 3.13. The van der Waals surface area contributed by atoms with Gasteiger partial charge < -0.3 is 10.0 Å². The second-order valence-corrected chi connectivity index (χ2v) is 5.09. The van der Waals surface area contributed by atoms with Crippen molar-refractivity contribution in [3.63, 3.8) is 0 Å². The lowest BCUT2D eigenvalue weighted by atomic mass is 10.0. The van der Waals surface area contributed by atoms with Gasteiger partial charge in [-0.3, -0.25) is 0 Å². The van der Waals surface area contributed by atoms with Crippen molar-refractivity contribution >= 4 is 11.8 Å². The van der Waals surface area contributed by atoms with Crippen LogP contribution in [-0.4, -0.2) is 30.2 Å². The smallest absolute Gasteiger partial charge is 0.339 e. The highest BCUT2D eigenvalue weighted by molar-refractivity contribution is 5.94. The fraction of sp³-hybridized carbons (Fsp3) is 0.250. The number of hydrogen-bond donors (Lipinski definition) is 1. The summed E-state index contributed by atoms with van der Waals surface area (Å²) in [6.07, 6.45) is 0. The van der Waals surface area contributed by atoms with E-state index in [1.54, 1.807) is 31.1 Å². The lowest BCUT2D eigenvalue weighted by molar-refractivity contribution is 0.0697. The number of hydrogen-bond acceptors (Lipinski definition) is 3. The average Bonchev–Trinajstić information content (AvgIpc) is 2.40. The molecule has 0 aliphatic carbocycles. The molecule has 4 heteroatoms. The number of pyridine rings is 1. The highest BCUT2D eigenvalue weighted by Gasteiger charge is 2.15. The van der Waals surface area contributed by atoms with Crippen molar-refractivity contribution in [2.75, 3.05) is 19.0 Å². The Morgan fingerprint density at radius 3 is 2.45 bits per heavy atom. The molecule has 0 spiro atoms. The number of aromatic nitrogens is 1. The van der Waals surface area contributed by atoms with Crippen molar-refractivity contribution in [2.24, 2.45) is 0 Å². The van der Waals surface area contributed by atoms with Crippen LogP contribution in [0, 0.1) is 13.8 Å². The molecule has 1 N–H and O–H groups in total. The van der Waals surface area contributed by atoms with Crippen LogP contribution in [0.2, 0.25) is 0 Å². The molecule has 0 aliphatic heterocycles. The predicted molar refractivity (Wildman–Crippen MR) is 80.4 cm³/mol. The van der Waals surface area contributed by atoms with E-state index >= 15 is 0 Å². The van der Waals surface area contributed by atoms with E-state index in [-0.39, 0.29) is 5.56 Å². The lowest BCUT2D eigenvalue weighted by Gasteiger charge is -2.16. The quantitative estimate of drug-likeness (QED) is 0.931. The molecule has 104 valence electrons. The molecule has 2 rings (SSSR count). The van der Waals surface area contributed by atoms with Gasteiger partial charge in [0.25, 0.3) is 0 Å². The Kier molecular flexibility index (Phi) is 3.74. The Labute approximate surface area is 118 Å². The summed E-state index contributed by atoms with van der Waals surface area (Å²) < 4.78 is 0. The Bertz CT molecular complexity index is 664. The monoisotopic (exact) mass is 270 g/mol. The zero-order chi connectivity index (χ0) is 14.9. The first-order valence-electron chi connectivity index (χ1n) is 6.39. The van der Waals surface area contributed by atoms with Gasteiger partial charge in [-0.1, -0.05) is 17.7 Å². The second-order valence-electron chi connectivity index (χ2n) is 5.09. The van der Waals surface area contributed by atoms with Crippen LogP contribution in [0.1, 0.15) is 21.5 Å². The summed E-state index contributed by atoms with van der Waals surface area (Å²) in [5, 5.41) is 9.21. The molecule has 0 atom stereocenters. The molecule has 0 amide bonds. The third-order valence-corrected chi connectivity index (χ3v) is 3.20. The fourth-order valence-corrected chi connectivity index (χ4v) is 2.12. The van der Waals surface area contributed by atoms with Gasteiger partial charge in [0.2, 0.25) is 0 Å². The zero-order valence-electron chi connectivity index (χ0n) is 12.1. The molecular weight excluding hydrogens is 252 g/mol. The molecule has 20 heavy (non-hydrogen) atoms. The number of rotatable bonds is 3. The summed E-state index contributed by atoms with van der Waals surface area (Å²) in [4.78, 5) is 17.5. The van der Waals surface area contributed by atoms with E-state index in [9.17, 15) is 9.90 Å². The normalized spacial score (nSPS) is 10.4. The average molecular weight is 270 g/mol. The molecule has 0 bridgehead atoms. The van der Waals surface area contributed by atoms with Gasteiger partial charge >= 0.3 is 5.97 Å². The molecule has 0 saturated heterocycles. The SMILES string of the molecule is Cc1ccc(C)c(-c2ccc(C(=O)O)c(N(C)C)n2)c1. The Morgan fingerprint density at radius 2 is 1.85 bits per heavy atom. The van der Waals surface area contributed by atoms with Crippen molar-refractivity contribution < 1.29 is 9.90 Å². The highest BCUT2D eigenvalue weighted by atomic mass is 16.4. The Balaban J connectivity index is 2.62. The first kappa shape index (κ1) is 14.1. The van der Waals surface area contributed by atoms with Crippen molar-refractivity contribution in [3.05, 3.63) is 47.0 Å². The molecule has 0 radical (unpaired) electrons. The summed E-state index contributed by atoms with van der Waals surface area (Å²) in [6.45, 7) is 4.05. The lowest BCUT2D eigenvalue weighted by Crippen LogP contribution is -2.16. The minimum atomic E-state index is -0.964. The first-order chi connectivity index (χ1) is 9.40. The van der Waals surface area contributed by atoms with Crippen molar-refractivity contribution in [2.45, 2.75) is 13.8 Å². The van der Waals surface area contributed by atoms with Crippen molar-refractivity contribution in [3.8, 4) is 11.3 Å². The minimum absolute atomic E-state index is 0.212. The summed E-state index contributed by atoms with van der Waals surface area (Å²) in [6, 6.07) is 9.54. The van der Waals surface area contributed by atoms with Gasteiger partial charge in [-0.2, -0.15) is 0 Å². The number of benzene rings is 1. The maximum absolute atomic E-state index is 11.2. The number of anilines is 1. The van der Waals surface area contributed by atoms with Gasteiger partial charge in [-0.15, -0.1) is 0 Å². The van der Waals surface area contributed by atoms with Gasteiger partial charge in [0.1, 0.15) is 11.4 Å². The molecule has 4 nitrogen and oxygen atoms in total. The van der Waals surface area contributed by atoms with E-state index in [0.29, 0.717) is 5.82 Å². The number of carboxylic acid groups (broad SMARTS) is 1. The molecular formula is C16H18N2O2. The van der Waals surface area contributed by atoms with E-state index in [1.165, 1.54) is 0 Å². The maximum atomic E-state index is 11.2. The number of aryl methyl sites for hydroxylation is 2. The van der Waals surface area contributed by atoms with Crippen molar-refractivity contribution in [1.82, 2.24) is 4.98 Å². The summed E-state index contributed by atoms with van der Waals surface area (Å²) in [7, 11) is 3.59. The second kappa shape index (κ2) is 5.33. The van der Waals surface area contributed by atoms with Gasteiger partial charge in [0, 0.05) is 19.7 Å². The van der Waals surface area contributed by atoms with Crippen molar-refractivity contribution in [1.29, 1.82) is 0 Å². The van der Waals surface area contributed by atoms with Crippen LogP contribution in [0.3, 0.4) is 0 Å². The minimum Gasteiger partial charge on any atom is -0.478 e. The van der Waals surface area contributed by atoms with E-state index < -0.39 is 5.97 Å². The number of aromatic carboxylic acids is 1. The zero-order valence-corrected chi connectivity index (χ0v) is 12.1. The largest absolute Gasteiger partial charge is 0.478 e. The van der Waals surface area contributed by atoms with Crippen LogP contribution < -0.4 is 4.90 Å². The number of carbonyl (C=O) groups is 1. The fourth-order valence-electron chi connectivity index (χ4n) is 2.12. The van der Waals surface area contributed by atoms with Crippen LogP contribution in [-0.2, 0) is 0 Å². The molecule has 1 aromatic carbocycles. The standard InChI is InChI=1S/C16H18N2O2/c1-10-5-6-11(2)13(9-10)14-8-7-12(16(19)20)15(17-14)18(3)4/h5-9H,1-4H3,(H,19,20). The van der Waals surface area contributed by atoms with Crippen LogP contribution >= 0.6 is 0 Å². The number of carboxylic acids is 1. The van der Waals surface area contributed by atoms with Crippen LogP contribution in [0.5, 0.6) is 0 Å². The molecule has 0 aliphatic rings. The van der Waals surface area contributed by atoms with E-state index in [1.807, 2.05) is 19.9 Å². The molecule has 2 aromatic rings. The Morgan fingerprint density at radius 1 is 1.15 bits per heavy atom. The van der Waals surface area contributed by atoms with Gasteiger partial charge in [-0.05, 0) is 37.6 Å². The Hall–Kier alpha value is -2.36. The van der Waals surface area contributed by atoms with Gasteiger partial charge in [0.15, 0.2) is 0 Å². The first-order valence-corrected chi connectivity index (χ1v) is 6.39. The van der Waals surface area contributed by atoms with Crippen LogP contribution in [0.4, 0.5) is 5.82 Å². The molecule has 0 saturated carbocycles.